The molecule has 1 aliphatic heterocycles. The number of nitrogens with one attached hydrogen (secondary N) is 1. The first-order valence-corrected chi connectivity index (χ1v) is 7.90. The van der Waals surface area contributed by atoms with E-state index in [2.05, 4.69) is 47.2 Å². The van der Waals surface area contributed by atoms with E-state index in [4.69, 9.17) is 11.6 Å². The van der Waals surface area contributed by atoms with Gasteiger partial charge >= 0.3 is 0 Å². The van der Waals surface area contributed by atoms with Crippen molar-refractivity contribution in [3.63, 3.8) is 0 Å². The van der Waals surface area contributed by atoms with Crippen LogP contribution in [0.15, 0.2) is 22.7 Å². The molecule has 1 aromatic rings. The predicted octanol–water partition coefficient (Wildman–Crippen LogP) is 4.84. The van der Waals surface area contributed by atoms with E-state index in [-0.39, 0.29) is 0 Å². The van der Waals surface area contributed by atoms with Crippen molar-refractivity contribution in [2.24, 2.45) is 11.8 Å². The average Bonchev–Trinajstić information content (AvgIpc) is 2.30. The Balaban J connectivity index is 2.22. The molecule has 0 saturated carbocycles. The topological polar surface area (TPSA) is 12.0 Å². The summed E-state index contributed by atoms with van der Waals surface area (Å²) in [5, 5.41) is 4.43. The van der Waals surface area contributed by atoms with Crippen LogP contribution >= 0.6 is 27.5 Å². The largest absolute Gasteiger partial charge is 0.316 e. The normalized spacial score (nSPS) is 24.5. The average molecular weight is 331 g/mol. The van der Waals surface area contributed by atoms with Crippen LogP contribution in [0.5, 0.6) is 0 Å². The Bertz CT molecular complexity index is 405. The molecule has 1 aliphatic rings. The lowest BCUT2D eigenvalue weighted by molar-refractivity contribution is 0.280. The van der Waals surface area contributed by atoms with Crippen molar-refractivity contribution in [1.29, 1.82) is 0 Å². The van der Waals surface area contributed by atoms with Crippen molar-refractivity contribution in [1.82, 2.24) is 5.32 Å². The Morgan fingerprint density at radius 3 is 2.89 bits per heavy atom. The third kappa shape index (κ3) is 3.49. The van der Waals surface area contributed by atoms with Crippen LogP contribution in [0.1, 0.15) is 38.2 Å². The molecule has 1 aromatic carbocycles. The van der Waals surface area contributed by atoms with E-state index in [1.807, 2.05) is 6.07 Å². The fourth-order valence-corrected chi connectivity index (χ4v) is 3.80. The minimum Gasteiger partial charge on any atom is -0.316 e. The van der Waals surface area contributed by atoms with Crippen LogP contribution in [-0.2, 0) is 0 Å². The minimum atomic E-state index is 0.606. The van der Waals surface area contributed by atoms with Crippen LogP contribution < -0.4 is 5.32 Å². The van der Waals surface area contributed by atoms with E-state index in [0.717, 1.165) is 28.5 Å². The summed E-state index contributed by atoms with van der Waals surface area (Å²) in [7, 11) is 0. The van der Waals surface area contributed by atoms with E-state index in [1.165, 1.54) is 18.4 Å². The lowest BCUT2D eigenvalue weighted by atomic mass is 9.77. The van der Waals surface area contributed by atoms with E-state index >= 15 is 0 Å². The van der Waals surface area contributed by atoms with Gasteiger partial charge in [0.2, 0.25) is 0 Å². The molecule has 1 fully saturated rings. The van der Waals surface area contributed by atoms with Gasteiger partial charge in [0.15, 0.2) is 0 Å². The summed E-state index contributed by atoms with van der Waals surface area (Å²) in [6, 6.07) is 6.32. The Hall–Kier alpha value is -0.0500. The predicted molar refractivity (Wildman–Crippen MR) is 82.3 cm³/mol. The van der Waals surface area contributed by atoms with Gasteiger partial charge in [0.25, 0.3) is 0 Å². The standard InChI is InChI=1S/C15H21BrClN/c1-10(2)7-11-9-18-6-5-13(11)14-4-3-12(16)8-15(14)17/h3-4,8,10-11,13,18H,5-7,9H2,1-2H3. The molecule has 2 rings (SSSR count). The van der Waals surface area contributed by atoms with Crippen LogP contribution in [0.2, 0.25) is 5.02 Å². The zero-order chi connectivity index (χ0) is 13.1. The van der Waals surface area contributed by atoms with Gasteiger partial charge in [-0.25, -0.2) is 0 Å². The van der Waals surface area contributed by atoms with Crippen LogP contribution in [-0.4, -0.2) is 13.1 Å². The summed E-state index contributed by atoms with van der Waals surface area (Å²) >= 11 is 9.89. The molecule has 2 unspecified atom stereocenters. The van der Waals surface area contributed by atoms with Crippen molar-refractivity contribution < 1.29 is 0 Å². The van der Waals surface area contributed by atoms with Crippen LogP contribution in [0, 0.1) is 11.8 Å². The van der Waals surface area contributed by atoms with Gasteiger partial charge in [-0.1, -0.05) is 47.4 Å². The molecule has 1 nitrogen and oxygen atoms in total. The molecule has 2 atom stereocenters. The van der Waals surface area contributed by atoms with Crippen molar-refractivity contribution in [2.45, 2.75) is 32.6 Å². The fourth-order valence-electron chi connectivity index (χ4n) is 2.99. The molecule has 0 aliphatic carbocycles. The number of hydrogen-bond acceptors (Lipinski definition) is 1. The van der Waals surface area contributed by atoms with Crippen molar-refractivity contribution in [2.75, 3.05) is 13.1 Å². The summed E-state index contributed by atoms with van der Waals surface area (Å²) in [5.74, 6) is 2.05. The molecule has 1 saturated heterocycles. The highest BCUT2D eigenvalue weighted by Crippen LogP contribution is 2.38. The monoisotopic (exact) mass is 329 g/mol. The SMILES string of the molecule is CC(C)CC1CNCCC1c1ccc(Br)cc1Cl. The van der Waals surface area contributed by atoms with E-state index in [0.29, 0.717) is 11.8 Å². The number of rotatable bonds is 3. The Labute approximate surface area is 123 Å². The van der Waals surface area contributed by atoms with E-state index in [9.17, 15) is 0 Å². The summed E-state index contributed by atoms with van der Waals surface area (Å²) in [6.07, 6.45) is 2.46. The van der Waals surface area contributed by atoms with Crippen molar-refractivity contribution >= 4 is 27.5 Å². The zero-order valence-corrected chi connectivity index (χ0v) is 13.4. The number of hydrogen-bond donors (Lipinski definition) is 1. The van der Waals surface area contributed by atoms with Gasteiger partial charge in [0.1, 0.15) is 0 Å². The van der Waals surface area contributed by atoms with Crippen LogP contribution in [0.4, 0.5) is 0 Å². The molecule has 100 valence electrons. The molecule has 0 spiro atoms. The zero-order valence-electron chi connectivity index (χ0n) is 11.0. The number of halogens is 2. The highest BCUT2D eigenvalue weighted by molar-refractivity contribution is 9.10. The van der Waals surface area contributed by atoms with Gasteiger partial charge in [-0.3, -0.25) is 0 Å². The summed E-state index contributed by atoms with van der Waals surface area (Å²) < 4.78 is 1.06. The Morgan fingerprint density at radius 2 is 2.22 bits per heavy atom. The molecule has 18 heavy (non-hydrogen) atoms. The van der Waals surface area contributed by atoms with Gasteiger partial charge in [0.05, 0.1) is 0 Å². The Kier molecular flexibility index (Phi) is 5.11. The first-order chi connectivity index (χ1) is 8.58. The summed E-state index contributed by atoms with van der Waals surface area (Å²) in [4.78, 5) is 0. The molecular formula is C15H21BrClN. The lowest BCUT2D eigenvalue weighted by Crippen LogP contribution is -2.36. The van der Waals surface area contributed by atoms with Crippen LogP contribution in [0.3, 0.4) is 0 Å². The molecule has 0 amide bonds. The molecule has 0 radical (unpaired) electrons. The second-order valence-corrected chi connectivity index (χ2v) is 6.98. The van der Waals surface area contributed by atoms with Gasteiger partial charge < -0.3 is 5.32 Å². The van der Waals surface area contributed by atoms with Gasteiger partial charge in [-0.2, -0.15) is 0 Å². The van der Waals surface area contributed by atoms with E-state index < -0.39 is 0 Å². The number of piperidine rings is 1. The molecule has 1 heterocycles. The fraction of sp³-hybridized carbons (Fsp3) is 0.600. The lowest BCUT2D eigenvalue weighted by Gasteiger charge is -2.34. The molecule has 1 N–H and O–H groups in total. The maximum absolute atomic E-state index is 6.41. The maximum atomic E-state index is 6.41. The highest BCUT2D eigenvalue weighted by Gasteiger charge is 2.28. The van der Waals surface area contributed by atoms with Gasteiger partial charge in [-0.05, 0) is 61.4 Å². The molecule has 0 aromatic heterocycles. The van der Waals surface area contributed by atoms with Gasteiger partial charge in [0, 0.05) is 9.50 Å². The second kappa shape index (κ2) is 6.40. The molecule has 3 heteroatoms. The van der Waals surface area contributed by atoms with Crippen LogP contribution in [0.25, 0.3) is 0 Å². The third-order valence-corrected chi connectivity index (χ3v) is 4.56. The quantitative estimate of drug-likeness (QED) is 0.836. The number of benzene rings is 1. The Morgan fingerprint density at radius 1 is 1.44 bits per heavy atom. The van der Waals surface area contributed by atoms with Crippen molar-refractivity contribution in [3.8, 4) is 0 Å². The maximum Gasteiger partial charge on any atom is 0.0452 e. The van der Waals surface area contributed by atoms with Crippen molar-refractivity contribution in [3.05, 3.63) is 33.3 Å². The smallest absolute Gasteiger partial charge is 0.0452 e. The molecule has 0 bridgehead atoms. The first kappa shape index (κ1) is 14.4. The summed E-state index contributed by atoms with van der Waals surface area (Å²) in [5.41, 5.74) is 1.33. The third-order valence-electron chi connectivity index (χ3n) is 3.74. The minimum absolute atomic E-state index is 0.606. The summed E-state index contributed by atoms with van der Waals surface area (Å²) in [6.45, 7) is 6.82. The first-order valence-electron chi connectivity index (χ1n) is 6.73. The van der Waals surface area contributed by atoms with E-state index in [1.54, 1.807) is 0 Å². The van der Waals surface area contributed by atoms with Gasteiger partial charge in [-0.15, -0.1) is 0 Å². The molecular weight excluding hydrogens is 310 g/mol. The second-order valence-electron chi connectivity index (χ2n) is 5.65. The highest BCUT2D eigenvalue weighted by atomic mass is 79.9.